The van der Waals surface area contributed by atoms with Crippen molar-refractivity contribution in [1.82, 2.24) is 20.1 Å². The SMILES string of the molecule is COc1ccc(C(=O)Nc2cc(C(=O)NCCc3cnn(C)c3)ccc2C)cn1. The van der Waals surface area contributed by atoms with Crippen molar-refractivity contribution in [3.63, 3.8) is 0 Å². The number of hydrogen-bond acceptors (Lipinski definition) is 5. The molecule has 2 N–H and O–H groups in total. The topological polar surface area (TPSA) is 98.1 Å². The third-order valence-corrected chi connectivity index (χ3v) is 4.41. The molecule has 8 nitrogen and oxygen atoms in total. The summed E-state index contributed by atoms with van der Waals surface area (Å²) in [6.07, 6.45) is 5.83. The van der Waals surface area contributed by atoms with Crippen LogP contribution in [0.5, 0.6) is 5.88 Å². The largest absolute Gasteiger partial charge is 0.481 e. The Morgan fingerprint density at radius 3 is 2.55 bits per heavy atom. The summed E-state index contributed by atoms with van der Waals surface area (Å²) >= 11 is 0. The maximum atomic E-state index is 12.5. The number of carbonyl (C=O) groups excluding carboxylic acids is 2. The molecule has 3 rings (SSSR count). The lowest BCUT2D eigenvalue weighted by atomic mass is 10.1. The number of pyridine rings is 1. The monoisotopic (exact) mass is 393 g/mol. The first kappa shape index (κ1) is 20.1. The number of ether oxygens (including phenoxy) is 1. The molecule has 0 unspecified atom stereocenters. The Morgan fingerprint density at radius 1 is 1.10 bits per heavy atom. The highest BCUT2D eigenvalue weighted by Gasteiger charge is 2.12. The fourth-order valence-corrected chi connectivity index (χ4v) is 2.75. The fraction of sp³-hybridized carbons (Fsp3) is 0.238. The zero-order valence-electron chi connectivity index (χ0n) is 16.6. The van der Waals surface area contributed by atoms with Crippen LogP contribution < -0.4 is 15.4 Å². The third-order valence-electron chi connectivity index (χ3n) is 4.41. The van der Waals surface area contributed by atoms with E-state index in [9.17, 15) is 9.59 Å². The van der Waals surface area contributed by atoms with Gasteiger partial charge in [0.25, 0.3) is 11.8 Å². The molecule has 150 valence electrons. The average Bonchev–Trinajstić information content (AvgIpc) is 3.14. The van der Waals surface area contributed by atoms with Gasteiger partial charge in [-0.25, -0.2) is 4.98 Å². The Labute approximate surface area is 168 Å². The van der Waals surface area contributed by atoms with Gasteiger partial charge in [-0.2, -0.15) is 5.10 Å². The summed E-state index contributed by atoms with van der Waals surface area (Å²) in [5.41, 5.74) is 3.36. The van der Waals surface area contributed by atoms with Crippen molar-refractivity contribution in [1.29, 1.82) is 0 Å². The lowest BCUT2D eigenvalue weighted by molar-refractivity contribution is 0.0952. The first-order chi connectivity index (χ1) is 14.0. The van der Waals surface area contributed by atoms with Crippen LogP contribution in [0.15, 0.2) is 48.9 Å². The van der Waals surface area contributed by atoms with Crippen LogP contribution in [0.2, 0.25) is 0 Å². The minimum atomic E-state index is -0.308. The summed E-state index contributed by atoms with van der Waals surface area (Å²) in [5, 5.41) is 9.83. The van der Waals surface area contributed by atoms with E-state index in [1.165, 1.54) is 13.3 Å². The normalized spacial score (nSPS) is 10.4. The van der Waals surface area contributed by atoms with Crippen LogP contribution in [0.25, 0.3) is 0 Å². The number of nitrogens with one attached hydrogen (secondary N) is 2. The first-order valence-corrected chi connectivity index (χ1v) is 9.14. The van der Waals surface area contributed by atoms with Gasteiger partial charge in [0, 0.05) is 43.3 Å². The number of carbonyl (C=O) groups is 2. The van der Waals surface area contributed by atoms with Gasteiger partial charge in [0.15, 0.2) is 0 Å². The molecule has 0 saturated heterocycles. The number of benzene rings is 1. The predicted octanol–water partition coefficient (Wildman–Crippen LogP) is 2.36. The maximum absolute atomic E-state index is 12.5. The van der Waals surface area contributed by atoms with Crippen molar-refractivity contribution in [3.05, 3.63) is 71.2 Å². The number of nitrogens with zero attached hydrogens (tertiary/aromatic N) is 3. The highest BCUT2D eigenvalue weighted by atomic mass is 16.5. The molecular weight excluding hydrogens is 370 g/mol. The van der Waals surface area contributed by atoms with Crippen LogP contribution in [-0.4, -0.2) is 40.2 Å². The minimum Gasteiger partial charge on any atom is -0.481 e. The lowest BCUT2D eigenvalue weighted by Gasteiger charge is -2.11. The van der Waals surface area contributed by atoms with Gasteiger partial charge in [-0.15, -0.1) is 0 Å². The highest BCUT2D eigenvalue weighted by Crippen LogP contribution is 2.18. The second kappa shape index (κ2) is 9.01. The Balaban J connectivity index is 1.63. The number of amides is 2. The Morgan fingerprint density at radius 2 is 1.90 bits per heavy atom. The molecule has 1 aromatic carbocycles. The van der Waals surface area contributed by atoms with E-state index >= 15 is 0 Å². The van der Waals surface area contributed by atoms with Crippen LogP contribution in [-0.2, 0) is 13.5 Å². The van der Waals surface area contributed by atoms with Gasteiger partial charge in [-0.3, -0.25) is 14.3 Å². The molecule has 3 aromatic rings. The van der Waals surface area contributed by atoms with Crippen LogP contribution >= 0.6 is 0 Å². The van der Waals surface area contributed by atoms with E-state index in [1.807, 2.05) is 20.2 Å². The molecule has 0 fully saturated rings. The van der Waals surface area contributed by atoms with Crippen LogP contribution in [0, 0.1) is 6.92 Å². The molecule has 2 aromatic heterocycles. The highest BCUT2D eigenvalue weighted by molar-refractivity contribution is 6.05. The minimum absolute atomic E-state index is 0.199. The molecule has 0 saturated carbocycles. The Bertz CT molecular complexity index is 1010. The molecule has 29 heavy (non-hydrogen) atoms. The van der Waals surface area contributed by atoms with E-state index < -0.39 is 0 Å². The van der Waals surface area contributed by atoms with E-state index in [1.54, 1.807) is 41.2 Å². The quantitative estimate of drug-likeness (QED) is 0.642. The van der Waals surface area contributed by atoms with Crippen molar-refractivity contribution in [3.8, 4) is 5.88 Å². The van der Waals surface area contributed by atoms with Gasteiger partial charge in [-0.05, 0) is 42.7 Å². The molecule has 0 radical (unpaired) electrons. The van der Waals surface area contributed by atoms with E-state index in [4.69, 9.17) is 4.74 Å². The van der Waals surface area contributed by atoms with Gasteiger partial charge >= 0.3 is 0 Å². The molecule has 0 aliphatic heterocycles. The summed E-state index contributed by atoms with van der Waals surface area (Å²) in [4.78, 5) is 29.0. The van der Waals surface area contributed by atoms with Crippen molar-refractivity contribution in [2.45, 2.75) is 13.3 Å². The molecule has 2 heterocycles. The Kier molecular flexibility index (Phi) is 6.23. The summed E-state index contributed by atoms with van der Waals surface area (Å²) in [6, 6.07) is 8.46. The summed E-state index contributed by atoms with van der Waals surface area (Å²) in [6.45, 7) is 2.36. The van der Waals surface area contributed by atoms with Crippen LogP contribution in [0.3, 0.4) is 0 Å². The molecule has 8 heteroatoms. The summed E-state index contributed by atoms with van der Waals surface area (Å²) in [5.74, 6) is -0.0735. The van der Waals surface area contributed by atoms with Gasteiger partial charge in [0.1, 0.15) is 0 Å². The molecule has 0 aliphatic carbocycles. The second-order valence-corrected chi connectivity index (χ2v) is 6.60. The van der Waals surface area contributed by atoms with Gasteiger partial charge < -0.3 is 15.4 Å². The standard InChI is InChI=1S/C21H23N5O3/c1-14-4-5-16(20(27)22-9-8-15-11-24-26(2)13-15)10-18(14)25-21(28)17-6-7-19(29-3)23-12-17/h4-7,10-13H,8-9H2,1-3H3,(H,22,27)(H,25,28). The fourth-order valence-electron chi connectivity index (χ4n) is 2.75. The number of anilines is 1. The number of rotatable bonds is 7. The second-order valence-electron chi connectivity index (χ2n) is 6.60. The van der Waals surface area contributed by atoms with Crippen LogP contribution in [0.1, 0.15) is 31.8 Å². The molecular formula is C21H23N5O3. The van der Waals surface area contributed by atoms with E-state index in [-0.39, 0.29) is 11.8 Å². The van der Waals surface area contributed by atoms with E-state index in [0.29, 0.717) is 35.7 Å². The van der Waals surface area contributed by atoms with E-state index in [2.05, 4.69) is 20.7 Å². The molecule has 0 bridgehead atoms. The van der Waals surface area contributed by atoms with E-state index in [0.717, 1.165) is 11.1 Å². The van der Waals surface area contributed by atoms with Crippen molar-refractivity contribution in [2.75, 3.05) is 19.0 Å². The molecule has 2 amide bonds. The van der Waals surface area contributed by atoms with Crippen molar-refractivity contribution in [2.24, 2.45) is 7.05 Å². The van der Waals surface area contributed by atoms with Gasteiger partial charge in [0.2, 0.25) is 5.88 Å². The number of methoxy groups -OCH3 is 1. The maximum Gasteiger partial charge on any atom is 0.257 e. The van der Waals surface area contributed by atoms with Gasteiger partial charge in [-0.1, -0.05) is 6.07 Å². The van der Waals surface area contributed by atoms with Crippen molar-refractivity contribution < 1.29 is 14.3 Å². The summed E-state index contributed by atoms with van der Waals surface area (Å²) < 4.78 is 6.72. The third kappa shape index (κ3) is 5.19. The smallest absolute Gasteiger partial charge is 0.257 e. The number of hydrogen-bond donors (Lipinski definition) is 2. The predicted molar refractivity (Wildman–Crippen MR) is 109 cm³/mol. The lowest BCUT2D eigenvalue weighted by Crippen LogP contribution is -2.26. The Hall–Kier alpha value is -3.68. The zero-order valence-corrected chi connectivity index (χ0v) is 16.6. The number of aromatic nitrogens is 3. The van der Waals surface area contributed by atoms with Gasteiger partial charge in [0.05, 0.1) is 18.9 Å². The van der Waals surface area contributed by atoms with Crippen molar-refractivity contribution >= 4 is 17.5 Å². The summed E-state index contributed by atoms with van der Waals surface area (Å²) in [7, 11) is 3.37. The number of aryl methyl sites for hydroxylation is 2. The molecule has 0 aliphatic rings. The first-order valence-electron chi connectivity index (χ1n) is 9.14. The van der Waals surface area contributed by atoms with Crippen LogP contribution in [0.4, 0.5) is 5.69 Å². The average molecular weight is 393 g/mol. The molecule has 0 spiro atoms. The molecule has 0 atom stereocenters. The zero-order chi connectivity index (χ0) is 20.8.